The fraction of sp³-hybridized carbons (Fsp3) is 0.235. The van der Waals surface area contributed by atoms with Crippen LogP contribution in [-0.4, -0.2) is 19.7 Å². The molecular formula is C17H20N2O3. The van der Waals surface area contributed by atoms with E-state index >= 15 is 0 Å². The third-order valence-electron chi connectivity index (χ3n) is 3.01. The number of carbonyl (C=O) groups excluding carboxylic acids is 1. The quantitative estimate of drug-likeness (QED) is 0.859. The molecule has 0 radical (unpaired) electrons. The van der Waals surface area contributed by atoms with Gasteiger partial charge in [0.25, 0.3) is 0 Å². The number of benzene rings is 2. The maximum absolute atomic E-state index is 11.9. The summed E-state index contributed by atoms with van der Waals surface area (Å²) in [6.45, 7) is 2.98. The molecule has 0 unspecified atom stereocenters. The zero-order valence-electron chi connectivity index (χ0n) is 12.8. The number of anilines is 1. The van der Waals surface area contributed by atoms with E-state index in [1.807, 2.05) is 43.3 Å². The van der Waals surface area contributed by atoms with Gasteiger partial charge in [-0.2, -0.15) is 0 Å². The zero-order chi connectivity index (χ0) is 15.8. The number of rotatable bonds is 6. The van der Waals surface area contributed by atoms with E-state index in [1.54, 1.807) is 19.2 Å². The van der Waals surface area contributed by atoms with E-state index in [0.717, 1.165) is 17.1 Å². The van der Waals surface area contributed by atoms with Gasteiger partial charge in [-0.25, -0.2) is 4.79 Å². The fourth-order valence-corrected chi connectivity index (χ4v) is 1.94. The summed E-state index contributed by atoms with van der Waals surface area (Å²) in [4.78, 5) is 11.9. The molecule has 0 fully saturated rings. The lowest BCUT2D eigenvalue weighted by molar-refractivity contribution is 0.251. The summed E-state index contributed by atoms with van der Waals surface area (Å²) in [5, 5.41) is 5.57. The number of hydrogen-bond donors (Lipinski definition) is 2. The standard InChI is InChI=1S/C17H20N2O3/c1-3-22-15-9-7-14(8-10-15)19-17(20)18-12-13-5-4-6-16(11-13)21-2/h4-11H,3,12H2,1-2H3,(H2,18,19,20). The van der Waals surface area contributed by atoms with Gasteiger partial charge in [-0.1, -0.05) is 12.1 Å². The van der Waals surface area contributed by atoms with Crippen molar-refractivity contribution in [1.82, 2.24) is 5.32 Å². The first kappa shape index (κ1) is 15.7. The van der Waals surface area contributed by atoms with Crippen molar-refractivity contribution in [3.63, 3.8) is 0 Å². The van der Waals surface area contributed by atoms with Crippen LogP contribution in [0.25, 0.3) is 0 Å². The van der Waals surface area contributed by atoms with E-state index in [9.17, 15) is 4.79 Å². The molecule has 0 aliphatic rings. The Morgan fingerprint density at radius 2 is 1.86 bits per heavy atom. The average molecular weight is 300 g/mol. The molecule has 2 rings (SSSR count). The topological polar surface area (TPSA) is 59.6 Å². The normalized spacial score (nSPS) is 9.91. The number of carbonyl (C=O) groups is 1. The third kappa shape index (κ3) is 4.70. The molecule has 0 bridgehead atoms. The van der Waals surface area contributed by atoms with Gasteiger partial charge in [-0.3, -0.25) is 0 Å². The number of amides is 2. The summed E-state index contributed by atoms with van der Waals surface area (Å²) in [6.07, 6.45) is 0. The van der Waals surface area contributed by atoms with E-state index in [2.05, 4.69) is 10.6 Å². The van der Waals surface area contributed by atoms with Gasteiger partial charge >= 0.3 is 6.03 Å². The van der Waals surface area contributed by atoms with Gasteiger partial charge in [0.1, 0.15) is 11.5 Å². The molecular weight excluding hydrogens is 280 g/mol. The molecule has 0 saturated carbocycles. The lowest BCUT2D eigenvalue weighted by Gasteiger charge is -2.09. The summed E-state index contributed by atoms with van der Waals surface area (Å²) < 4.78 is 10.5. The van der Waals surface area contributed by atoms with Crippen LogP contribution >= 0.6 is 0 Å². The molecule has 2 amide bonds. The number of urea groups is 1. The molecule has 0 heterocycles. The minimum atomic E-state index is -0.257. The minimum absolute atomic E-state index is 0.257. The summed E-state index contributed by atoms with van der Waals surface area (Å²) in [7, 11) is 1.62. The second-order valence-corrected chi connectivity index (χ2v) is 4.62. The Kier molecular flexibility index (Phi) is 5.65. The Balaban J connectivity index is 1.84. The minimum Gasteiger partial charge on any atom is -0.497 e. The van der Waals surface area contributed by atoms with Crippen molar-refractivity contribution in [2.24, 2.45) is 0 Å². The van der Waals surface area contributed by atoms with Gasteiger partial charge in [-0.05, 0) is 48.9 Å². The summed E-state index contributed by atoms with van der Waals surface area (Å²) in [5.74, 6) is 1.55. The van der Waals surface area contributed by atoms with Crippen LogP contribution in [0.1, 0.15) is 12.5 Å². The van der Waals surface area contributed by atoms with Crippen LogP contribution in [0.2, 0.25) is 0 Å². The SMILES string of the molecule is CCOc1ccc(NC(=O)NCc2cccc(OC)c2)cc1. The molecule has 0 saturated heterocycles. The van der Waals surface area contributed by atoms with Crippen LogP contribution < -0.4 is 20.1 Å². The van der Waals surface area contributed by atoms with Gasteiger partial charge in [0.15, 0.2) is 0 Å². The molecule has 22 heavy (non-hydrogen) atoms. The van der Waals surface area contributed by atoms with E-state index in [-0.39, 0.29) is 6.03 Å². The zero-order valence-corrected chi connectivity index (χ0v) is 12.8. The largest absolute Gasteiger partial charge is 0.497 e. The van der Waals surface area contributed by atoms with Gasteiger partial charge in [0.2, 0.25) is 0 Å². The predicted octanol–water partition coefficient (Wildman–Crippen LogP) is 3.42. The fourth-order valence-electron chi connectivity index (χ4n) is 1.94. The van der Waals surface area contributed by atoms with Crippen molar-refractivity contribution in [3.8, 4) is 11.5 Å². The smallest absolute Gasteiger partial charge is 0.319 e. The summed E-state index contributed by atoms with van der Waals surface area (Å²) in [6, 6.07) is 14.6. The molecule has 5 nitrogen and oxygen atoms in total. The molecule has 0 spiro atoms. The summed E-state index contributed by atoms with van der Waals surface area (Å²) in [5.41, 5.74) is 1.69. The highest BCUT2D eigenvalue weighted by Gasteiger charge is 2.03. The highest BCUT2D eigenvalue weighted by atomic mass is 16.5. The molecule has 0 aliphatic heterocycles. The molecule has 2 N–H and O–H groups in total. The number of ether oxygens (including phenoxy) is 2. The van der Waals surface area contributed by atoms with Crippen molar-refractivity contribution < 1.29 is 14.3 Å². The molecule has 2 aromatic rings. The van der Waals surface area contributed by atoms with E-state index in [4.69, 9.17) is 9.47 Å². The molecule has 116 valence electrons. The number of methoxy groups -OCH3 is 1. The van der Waals surface area contributed by atoms with Crippen molar-refractivity contribution in [2.75, 3.05) is 19.0 Å². The van der Waals surface area contributed by atoms with Gasteiger partial charge < -0.3 is 20.1 Å². The summed E-state index contributed by atoms with van der Waals surface area (Å²) >= 11 is 0. The Morgan fingerprint density at radius 1 is 1.09 bits per heavy atom. The van der Waals surface area contributed by atoms with E-state index in [0.29, 0.717) is 18.8 Å². The van der Waals surface area contributed by atoms with E-state index < -0.39 is 0 Å². The lowest BCUT2D eigenvalue weighted by Crippen LogP contribution is -2.28. The Hall–Kier alpha value is -2.69. The van der Waals surface area contributed by atoms with Crippen LogP contribution in [0, 0.1) is 0 Å². The van der Waals surface area contributed by atoms with Crippen LogP contribution in [-0.2, 0) is 6.54 Å². The predicted molar refractivity (Wildman–Crippen MR) is 86.5 cm³/mol. The van der Waals surface area contributed by atoms with Gasteiger partial charge in [0, 0.05) is 12.2 Å². The number of hydrogen-bond acceptors (Lipinski definition) is 3. The second kappa shape index (κ2) is 7.93. The second-order valence-electron chi connectivity index (χ2n) is 4.62. The van der Waals surface area contributed by atoms with Crippen molar-refractivity contribution in [1.29, 1.82) is 0 Å². The van der Waals surface area contributed by atoms with Crippen molar-refractivity contribution >= 4 is 11.7 Å². The van der Waals surface area contributed by atoms with Gasteiger partial charge in [0.05, 0.1) is 13.7 Å². The van der Waals surface area contributed by atoms with Crippen molar-refractivity contribution in [3.05, 3.63) is 54.1 Å². The first-order valence-corrected chi connectivity index (χ1v) is 7.12. The first-order valence-electron chi connectivity index (χ1n) is 7.12. The maximum atomic E-state index is 11.9. The van der Waals surface area contributed by atoms with Crippen LogP contribution in [0.4, 0.5) is 10.5 Å². The highest BCUT2D eigenvalue weighted by Crippen LogP contribution is 2.15. The molecule has 0 atom stereocenters. The Morgan fingerprint density at radius 3 is 2.55 bits per heavy atom. The number of nitrogens with one attached hydrogen (secondary N) is 2. The van der Waals surface area contributed by atoms with E-state index in [1.165, 1.54) is 0 Å². The average Bonchev–Trinajstić information content (AvgIpc) is 2.55. The van der Waals surface area contributed by atoms with Crippen LogP contribution in [0.15, 0.2) is 48.5 Å². The third-order valence-corrected chi connectivity index (χ3v) is 3.01. The first-order chi connectivity index (χ1) is 10.7. The van der Waals surface area contributed by atoms with Crippen LogP contribution in [0.3, 0.4) is 0 Å². The highest BCUT2D eigenvalue weighted by molar-refractivity contribution is 5.89. The lowest BCUT2D eigenvalue weighted by atomic mass is 10.2. The Labute approximate surface area is 130 Å². The van der Waals surface area contributed by atoms with Gasteiger partial charge in [-0.15, -0.1) is 0 Å². The Bertz CT molecular complexity index is 612. The molecule has 5 heteroatoms. The monoisotopic (exact) mass is 300 g/mol. The maximum Gasteiger partial charge on any atom is 0.319 e. The molecule has 0 aromatic heterocycles. The molecule has 0 aliphatic carbocycles. The van der Waals surface area contributed by atoms with Crippen molar-refractivity contribution in [2.45, 2.75) is 13.5 Å². The molecule has 2 aromatic carbocycles. The van der Waals surface area contributed by atoms with Crippen LogP contribution in [0.5, 0.6) is 11.5 Å².